The van der Waals surface area contributed by atoms with Crippen LogP contribution in [0.1, 0.15) is 25.3 Å². The summed E-state index contributed by atoms with van der Waals surface area (Å²) in [6.07, 6.45) is 0. The lowest BCUT2D eigenvalue weighted by molar-refractivity contribution is -0.139. The zero-order valence-electron chi connectivity index (χ0n) is 12.1. The topological polar surface area (TPSA) is 59.0 Å². The van der Waals surface area contributed by atoms with Crippen molar-refractivity contribution in [1.82, 2.24) is 0 Å². The van der Waals surface area contributed by atoms with Crippen molar-refractivity contribution in [2.45, 2.75) is 25.8 Å². The van der Waals surface area contributed by atoms with Gasteiger partial charge in [-0.15, -0.1) is 0 Å². The van der Waals surface area contributed by atoms with Gasteiger partial charge in [0.15, 0.2) is 6.61 Å². The summed E-state index contributed by atoms with van der Waals surface area (Å²) in [5.74, 6) is 0.00792. The fraction of sp³-hybridized carbons (Fsp3) is 0.533. The van der Waals surface area contributed by atoms with Crippen molar-refractivity contribution in [2.75, 3.05) is 31.8 Å². The number of benzene rings is 1. The molecule has 0 aromatic heterocycles. The Labute approximate surface area is 119 Å². The summed E-state index contributed by atoms with van der Waals surface area (Å²) in [7, 11) is 1.69. The monoisotopic (exact) mass is 279 g/mol. The summed E-state index contributed by atoms with van der Waals surface area (Å²) in [4.78, 5) is 13.0. The van der Waals surface area contributed by atoms with Crippen molar-refractivity contribution in [3.8, 4) is 5.75 Å². The standard InChI is InChI=1S/C15H21NO4/c1-10-11(2)16(7-8-19-3)12-5-4-6-13(15(10)12)20-9-14(17)18/h4-6,10-11H,7-9H2,1-3H3,(H,17,18). The van der Waals surface area contributed by atoms with E-state index in [2.05, 4.69) is 24.8 Å². The molecule has 2 atom stereocenters. The predicted octanol–water partition coefficient (Wildman–Crippen LogP) is 2.11. The summed E-state index contributed by atoms with van der Waals surface area (Å²) >= 11 is 0. The summed E-state index contributed by atoms with van der Waals surface area (Å²) in [6, 6.07) is 6.14. The second kappa shape index (κ2) is 6.13. The van der Waals surface area contributed by atoms with Crippen LogP contribution >= 0.6 is 0 Å². The molecule has 1 aromatic rings. The van der Waals surface area contributed by atoms with E-state index < -0.39 is 5.97 Å². The third kappa shape index (κ3) is 2.72. The van der Waals surface area contributed by atoms with Gasteiger partial charge in [0.05, 0.1) is 6.61 Å². The van der Waals surface area contributed by atoms with Crippen LogP contribution in [0, 0.1) is 0 Å². The van der Waals surface area contributed by atoms with Gasteiger partial charge in [0.1, 0.15) is 5.75 Å². The number of hydrogen-bond donors (Lipinski definition) is 1. The number of carboxylic acid groups (broad SMARTS) is 1. The van der Waals surface area contributed by atoms with E-state index in [1.807, 2.05) is 12.1 Å². The van der Waals surface area contributed by atoms with E-state index in [1.54, 1.807) is 7.11 Å². The Kier molecular flexibility index (Phi) is 4.49. The highest BCUT2D eigenvalue weighted by Gasteiger charge is 2.34. The first-order chi connectivity index (χ1) is 9.56. The Hall–Kier alpha value is -1.75. The molecule has 1 N–H and O–H groups in total. The highest BCUT2D eigenvalue weighted by molar-refractivity contribution is 5.70. The molecule has 0 bridgehead atoms. The highest BCUT2D eigenvalue weighted by atomic mass is 16.5. The Morgan fingerprint density at radius 1 is 1.40 bits per heavy atom. The number of methoxy groups -OCH3 is 1. The molecule has 0 fully saturated rings. The molecule has 1 heterocycles. The number of aliphatic carboxylic acids is 1. The van der Waals surface area contributed by atoms with Crippen molar-refractivity contribution in [3.63, 3.8) is 0 Å². The minimum absolute atomic E-state index is 0.298. The van der Waals surface area contributed by atoms with Crippen LogP contribution in [0.4, 0.5) is 5.69 Å². The van der Waals surface area contributed by atoms with Gasteiger partial charge in [0.25, 0.3) is 0 Å². The van der Waals surface area contributed by atoms with E-state index in [0.717, 1.165) is 17.8 Å². The Bertz CT molecular complexity index is 489. The van der Waals surface area contributed by atoms with Crippen LogP contribution in [-0.4, -0.2) is 44.0 Å². The molecule has 0 spiro atoms. The third-order valence-corrected chi connectivity index (χ3v) is 3.91. The molecule has 110 valence electrons. The number of anilines is 1. The van der Waals surface area contributed by atoms with Gasteiger partial charge in [-0.05, 0) is 19.1 Å². The number of hydrogen-bond acceptors (Lipinski definition) is 4. The average molecular weight is 279 g/mol. The SMILES string of the molecule is COCCN1c2cccc(OCC(=O)O)c2C(C)C1C. The van der Waals surface area contributed by atoms with Gasteiger partial charge >= 0.3 is 5.97 Å². The molecule has 2 unspecified atom stereocenters. The van der Waals surface area contributed by atoms with Crippen LogP contribution in [0.25, 0.3) is 0 Å². The number of rotatable bonds is 6. The summed E-state index contributed by atoms with van der Waals surface area (Å²) in [5, 5.41) is 8.76. The number of carbonyl (C=O) groups is 1. The Balaban J connectivity index is 2.28. The largest absolute Gasteiger partial charge is 0.482 e. The maximum absolute atomic E-state index is 10.7. The van der Waals surface area contributed by atoms with Crippen molar-refractivity contribution in [3.05, 3.63) is 23.8 Å². The molecule has 1 aliphatic rings. The minimum atomic E-state index is -0.961. The van der Waals surface area contributed by atoms with Crippen LogP contribution in [0.5, 0.6) is 5.75 Å². The van der Waals surface area contributed by atoms with E-state index >= 15 is 0 Å². The highest BCUT2D eigenvalue weighted by Crippen LogP contribution is 2.45. The molecule has 2 rings (SSSR count). The molecular weight excluding hydrogens is 258 g/mol. The van der Waals surface area contributed by atoms with Crippen molar-refractivity contribution < 1.29 is 19.4 Å². The van der Waals surface area contributed by atoms with Crippen LogP contribution in [0.15, 0.2) is 18.2 Å². The average Bonchev–Trinajstić information content (AvgIpc) is 2.67. The molecule has 0 saturated heterocycles. The first-order valence-corrected chi connectivity index (χ1v) is 6.79. The lowest BCUT2D eigenvalue weighted by Crippen LogP contribution is -2.33. The lowest BCUT2D eigenvalue weighted by atomic mass is 9.97. The van der Waals surface area contributed by atoms with Crippen LogP contribution in [-0.2, 0) is 9.53 Å². The maximum Gasteiger partial charge on any atom is 0.341 e. The number of fused-ring (bicyclic) bond motifs is 1. The summed E-state index contributed by atoms with van der Waals surface area (Å²) in [6.45, 7) is 5.48. The number of carboxylic acids is 1. The minimum Gasteiger partial charge on any atom is -0.482 e. The predicted molar refractivity (Wildman–Crippen MR) is 76.7 cm³/mol. The zero-order valence-corrected chi connectivity index (χ0v) is 12.1. The molecule has 0 radical (unpaired) electrons. The molecule has 1 aliphatic heterocycles. The first kappa shape index (κ1) is 14.7. The third-order valence-electron chi connectivity index (χ3n) is 3.91. The number of ether oxygens (including phenoxy) is 2. The molecule has 0 aliphatic carbocycles. The van der Waals surface area contributed by atoms with Crippen molar-refractivity contribution in [2.24, 2.45) is 0 Å². The van der Waals surface area contributed by atoms with E-state index in [1.165, 1.54) is 0 Å². The normalized spacial score (nSPS) is 20.9. The lowest BCUT2D eigenvalue weighted by Gasteiger charge is -2.25. The summed E-state index contributed by atoms with van der Waals surface area (Å²) in [5.41, 5.74) is 2.21. The number of nitrogens with zero attached hydrogens (tertiary/aromatic N) is 1. The van der Waals surface area contributed by atoms with Gasteiger partial charge in [-0.25, -0.2) is 4.79 Å². The Morgan fingerprint density at radius 2 is 2.15 bits per heavy atom. The molecule has 20 heavy (non-hydrogen) atoms. The van der Waals surface area contributed by atoms with Crippen molar-refractivity contribution >= 4 is 11.7 Å². The first-order valence-electron chi connectivity index (χ1n) is 6.79. The van der Waals surface area contributed by atoms with E-state index in [9.17, 15) is 4.79 Å². The fourth-order valence-electron chi connectivity index (χ4n) is 2.75. The molecule has 1 aromatic carbocycles. The van der Waals surface area contributed by atoms with Crippen LogP contribution in [0.3, 0.4) is 0 Å². The van der Waals surface area contributed by atoms with Gasteiger partial charge in [0.2, 0.25) is 0 Å². The fourth-order valence-corrected chi connectivity index (χ4v) is 2.75. The second-order valence-electron chi connectivity index (χ2n) is 5.09. The van der Waals surface area contributed by atoms with Crippen molar-refractivity contribution in [1.29, 1.82) is 0 Å². The second-order valence-corrected chi connectivity index (χ2v) is 5.09. The molecule has 5 heteroatoms. The zero-order chi connectivity index (χ0) is 14.7. The van der Waals surface area contributed by atoms with Gasteiger partial charge in [-0.3, -0.25) is 0 Å². The van der Waals surface area contributed by atoms with E-state index in [4.69, 9.17) is 14.6 Å². The molecule has 0 saturated carbocycles. The van der Waals surface area contributed by atoms with Gasteiger partial charge < -0.3 is 19.5 Å². The van der Waals surface area contributed by atoms with Crippen LogP contribution < -0.4 is 9.64 Å². The molecular formula is C15H21NO4. The van der Waals surface area contributed by atoms with Crippen LogP contribution in [0.2, 0.25) is 0 Å². The smallest absolute Gasteiger partial charge is 0.341 e. The van der Waals surface area contributed by atoms with Gasteiger partial charge in [-0.2, -0.15) is 0 Å². The van der Waals surface area contributed by atoms with E-state index in [0.29, 0.717) is 24.3 Å². The quantitative estimate of drug-likeness (QED) is 0.864. The molecule has 0 amide bonds. The van der Waals surface area contributed by atoms with Gasteiger partial charge in [-0.1, -0.05) is 13.0 Å². The summed E-state index contributed by atoms with van der Waals surface area (Å²) < 4.78 is 10.6. The Morgan fingerprint density at radius 3 is 2.80 bits per heavy atom. The van der Waals surface area contributed by atoms with E-state index in [-0.39, 0.29) is 6.61 Å². The van der Waals surface area contributed by atoms with Gasteiger partial charge in [0, 0.05) is 36.9 Å². The maximum atomic E-state index is 10.7. The molecule has 5 nitrogen and oxygen atoms in total.